The summed E-state index contributed by atoms with van der Waals surface area (Å²) in [6.45, 7) is 6.89. The highest BCUT2D eigenvalue weighted by molar-refractivity contribution is 6.12. The second-order valence-corrected chi connectivity index (χ2v) is 21.8. The smallest absolute Gasteiger partial charge is 0.160 e. The molecular weight excluding hydrogens is 959 g/mol. The Labute approximate surface area is 458 Å². The molecule has 0 saturated heterocycles. The molecule has 0 unspecified atom stereocenters. The molecule has 5 nitrogen and oxygen atoms in total. The molecule has 0 saturated carbocycles. The lowest BCUT2D eigenvalue weighted by atomic mass is 9.86. The van der Waals surface area contributed by atoms with E-state index in [1.807, 2.05) is 0 Å². The maximum Gasteiger partial charge on any atom is 0.160 e. The van der Waals surface area contributed by atoms with Crippen LogP contribution in [0.25, 0.3) is 139 Å². The second kappa shape index (κ2) is 18.3. The largest absolute Gasteiger partial charge is 0.309 e. The van der Waals surface area contributed by atoms with E-state index in [1.165, 1.54) is 59.9 Å². The molecule has 15 aromatic rings. The minimum absolute atomic E-state index is 0.0432. The minimum atomic E-state index is -0.0432. The number of rotatable bonds is 8. The summed E-state index contributed by atoms with van der Waals surface area (Å²) < 4.78 is 7.30. The van der Waals surface area contributed by atoms with Crippen molar-refractivity contribution in [3.63, 3.8) is 0 Å². The lowest BCUT2D eigenvalue weighted by Gasteiger charge is -2.22. The zero-order valence-corrected chi connectivity index (χ0v) is 44.1. The van der Waals surface area contributed by atoms with Crippen LogP contribution in [0.5, 0.6) is 0 Å². The van der Waals surface area contributed by atoms with Gasteiger partial charge in [-0.05, 0) is 107 Å². The average molecular weight is 1010 g/mol. The Morgan fingerprint density at radius 1 is 0.278 bits per heavy atom. The Bertz CT molecular complexity index is 4500. The molecule has 0 aliphatic heterocycles. The highest BCUT2D eigenvalue weighted by Crippen LogP contribution is 2.46. The summed E-state index contributed by atoms with van der Waals surface area (Å²) in [5.74, 6) is 0.648. The molecule has 11 aromatic carbocycles. The van der Waals surface area contributed by atoms with Gasteiger partial charge in [0, 0.05) is 71.5 Å². The van der Waals surface area contributed by atoms with Crippen LogP contribution in [0.2, 0.25) is 0 Å². The van der Waals surface area contributed by atoms with Crippen LogP contribution >= 0.6 is 0 Å². The summed E-state index contributed by atoms with van der Waals surface area (Å²) >= 11 is 0. The van der Waals surface area contributed by atoms with Gasteiger partial charge in [0.05, 0.1) is 50.2 Å². The third-order valence-electron chi connectivity index (χ3n) is 16.0. The topological polar surface area (TPSA) is 40.6 Å². The van der Waals surface area contributed by atoms with E-state index in [1.54, 1.807) is 0 Å². The summed E-state index contributed by atoms with van der Waals surface area (Å²) in [6.07, 6.45) is 0. The first-order valence-corrected chi connectivity index (χ1v) is 27.2. The third kappa shape index (κ3) is 7.68. The first-order chi connectivity index (χ1) is 38.8. The molecule has 0 radical (unpaired) electrons. The fraction of sp³-hybridized carbons (Fsp3) is 0.0541. The highest BCUT2D eigenvalue weighted by atomic mass is 15.0. The number of fused-ring (bicyclic) bond motifs is 9. The molecule has 0 fully saturated rings. The number of nitrogens with zero attached hydrogens (tertiary/aromatic N) is 5. The van der Waals surface area contributed by atoms with Crippen LogP contribution in [0.1, 0.15) is 26.3 Å². The molecule has 0 aliphatic rings. The van der Waals surface area contributed by atoms with Crippen LogP contribution in [0.4, 0.5) is 0 Å². The molecule has 15 rings (SSSR count). The maximum atomic E-state index is 5.48. The van der Waals surface area contributed by atoms with E-state index in [0.717, 1.165) is 78.4 Å². The third-order valence-corrected chi connectivity index (χ3v) is 16.0. The van der Waals surface area contributed by atoms with Crippen LogP contribution < -0.4 is 0 Å². The minimum Gasteiger partial charge on any atom is -0.309 e. The van der Waals surface area contributed by atoms with E-state index in [9.17, 15) is 0 Å². The number of benzene rings is 11. The van der Waals surface area contributed by atoms with Crippen LogP contribution in [-0.2, 0) is 5.41 Å². The Morgan fingerprint density at radius 2 is 0.633 bits per heavy atom. The van der Waals surface area contributed by atoms with Crippen molar-refractivity contribution < 1.29 is 0 Å². The molecule has 0 amide bonds. The van der Waals surface area contributed by atoms with Crippen LogP contribution in [0, 0.1) is 0 Å². The summed E-state index contributed by atoms with van der Waals surface area (Å²) in [7, 11) is 0. The van der Waals surface area contributed by atoms with Crippen molar-refractivity contribution >= 4 is 65.4 Å². The Balaban J connectivity index is 1.03. The van der Waals surface area contributed by atoms with Crippen LogP contribution in [0.3, 0.4) is 0 Å². The molecule has 0 spiro atoms. The average Bonchev–Trinajstić information content (AvgIpc) is 4.38. The predicted molar refractivity (Wildman–Crippen MR) is 331 cm³/mol. The lowest BCUT2D eigenvalue weighted by Crippen LogP contribution is -2.10. The van der Waals surface area contributed by atoms with Crippen LogP contribution in [-0.4, -0.2) is 23.7 Å². The first kappa shape index (κ1) is 46.2. The van der Waals surface area contributed by atoms with Crippen molar-refractivity contribution in [1.82, 2.24) is 23.7 Å². The van der Waals surface area contributed by atoms with E-state index >= 15 is 0 Å². The standard InChI is InChI=1S/C74H53N5/c1-74(2,3)53-38-43-71-63(46-53)60-28-14-19-33-70(60)79(71)72-61(48-34-39-54(40-35-48)77-66-29-15-10-24-56(66)57-25-11-16-30-67(57)77)44-52(73-75-64(50-20-6-4-7-21-50)47-65(76-73)51-22-8-5-9-23-51)45-62(72)49-36-41-55(42-37-49)78-68-31-17-12-26-58(68)59-27-13-18-32-69(59)78/h4-47H,1-3H3. The number of hydrogen-bond acceptors (Lipinski definition) is 2. The molecule has 0 N–H and O–H groups in total. The van der Waals surface area contributed by atoms with Gasteiger partial charge < -0.3 is 13.7 Å². The fourth-order valence-electron chi connectivity index (χ4n) is 12.2. The van der Waals surface area contributed by atoms with Gasteiger partial charge in [0.15, 0.2) is 5.82 Å². The number of para-hydroxylation sites is 5. The Morgan fingerprint density at radius 3 is 1.04 bits per heavy atom. The number of hydrogen-bond donors (Lipinski definition) is 0. The second-order valence-electron chi connectivity index (χ2n) is 21.8. The summed E-state index contributed by atoms with van der Waals surface area (Å²) in [6, 6.07) is 96.9. The summed E-state index contributed by atoms with van der Waals surface area (Å²) in [5.41, 5.74) is 20.5. The van der Waals surface area contributed by atoms with E-state index in [4.69, 9.17) is 9.97 Å². The van der Waals surface area contributed by atoms with E-state index in [0.29, 0.717) is 5.82 Å². The SMILES string of the molecule is CC(C)(C)c1ccc2c(c1)c1ccccc1n2-c1c(-c2ccc(-n3c4ccccc4c4ccccc43)cc2)cc(-c2nc(-c3ccccc3)cc(-c3ccccc3)n2)cc1-c1ccc(-n2c3ccccc3c3ccccc32)cc1. The van der Waals surface area contributed by atoms with Gasteiger partial charge in [-0.3, -0.25) is 0 Å². The van der Waals surface area contributed by atoms with Crippen LogP contribution in [0.15, 0.2) is 267 Å². The molecule has 79 heavy (non-hydrogen) atoms. The molecule has 4 aromatic heterocycles. The fourth-order valence-corrected chi connectivity index (χ4v) is 12.2. The van der Waals surface area contributed by atoms with Crippen molar-refractivity contribution in [3.8, 4) is 73.2 Å². The molecule has 5 heteroatoms. The van der Waals surface area contributed by atoms with Gasteiger partial charge in [0.1, 0.15) is 0 Å². The molecule has 0 bridgehead atoms. The van der Waals surface area contributed by atoms with Gasteiger partial charge in [-0.2, -0.15) is 0 Å². The van der Waals surface area contributed by atoms with Gasteiger partial charge >= 0.3 is 0 Å². The molecule has 0 aliphatic carbocycles. The van der Waals surface area contributed by atoms with Gasteiger partial charge in [-0.1, -0.05) is 203 Å². The lowest BCUT2D eigenvalue weighted by molar-refractivity contribution is 0.591. The van der Waals surface area contributed by atoms with Crippen molar-refractivity contribution in [3.05, 3.63) is 272 Å². The van der Waals surface area contributed by atoms with Gasteiger partial charge in [0.2, 0.25) is 0 Å². The number of aromatic nitrogens is 5. The van der Waals surface area contributed by atoms with E-state index in [2.05, 4.69) is 301 Å². The predicted octanol–water partition coefficient (Wildman–Crippen LogP) is 19.4. The first-order valence-electron chi connectivity index (χ1n) is 27.2. The zero-order valence-electron chi connectivity index (χ0n) is 44.1. The van der Waals surface area contributed by atoms with Gasteiger partial charge in [-0.25, -0.2) is 9.97 Å². The maximum absolute atomic E-state index is 5.48. The van der Waals surface area contributed by atoms with Gasteiger partial charge in [0.25, 0.3) is 0 Å². The highest BCUT2D eigenvalue weighted by Gasteiger charge is 2.25. The molecular formula is C74H53N5. The van der Waals surface area contributed by atoms with Crippen molar-refractivity contribution in [2.75, 3.05) is 0 Å². The quantitative estimate of drug-likeness (QED) is 0.152. The van der Waals surface area contributed by atoms with Crippen molar-refractivity contribution in [2.24, 2.45) is 0 Å². The monoisotopic (exact) mass is 1010 g/mol. The Kier molecular flexibility index (Phi) is 10.7. The summed E-state index contributed by atoms with van der Waals surface area (Å²) in [5, 5.41) is 7.37. The van der Waals surface area contributed by atoms with E-state index in [-0.39, 0.29) is 5.41 Å². The molecule has 374 valence electrons. The zero-order chi connectivity index (χ0) is 52.8. The normalized spacial score (nSPS) is 12.0. The Hall–Kier alpha value is -10.1. The van der Waals surface area contributed by atoms with Crippen molar-refractivity contribution in [2.45, 2.75) is 26.2 Å². The van der Waals surface area contributed by atoms with E-state index < -0.39 is 0 Å². The van der Waals surface area contributed by atoms with Gasteiger partial charge in [-0.15, -0.1) is 0 Å². The molecule has 0 atom stereocenters. The molecule has 4 heterocycles. The summed E-state index contributed by atoms with van der Waals surface area (Å²) in [4.78, 5) is 11.0. The van der Waals surface area contributed by atoms with Crippen molar-refractivity contribution in [1.29, 1.82) is 0 Å².